The van der Waals surface area contributed by atoms with E-state index in [0.29, 0.717) is 0 Å². The summed E-state index contributed by atoms with van der Waals surface area (Å²) in [5.74, 6) is -15.6. The van der Waals surface area contributed by atoms with E-state index in [2.05, 4.69) is 0 Å². The van der Waals surface area contributed by atoms with Crippen LogP contribution in [0.25, 0.3) is 0 Å². The second-order valence-corrected chi connectivity index (χ2v) is 4.42. The van der Waals surface area contributed by atoms with Gasteiger partial charge in [0.05, 0.1) is 17.5 Å². The zero-order valence-electron chi connectivity index (χ0n) is 11.0. The van der Waals surface area contributed by atoms with E-state index in [1.54, 1.807) is 0 Å². The van der Waals surface area contributed by atoms with Crippen LogP contribution in [0.5, 0.6) is 0 Å². The number of carbonyl (C=O) groups is 3. The Kier molecular flexibility index (Phi) is 4.17. The Bertz CT molecular complexity index is 787. The number of carboxylic acid groups (broad SMARTS) is 1. The molecule has 10 heteroatoms. The molecule has 5 nitrogen and oxygen atoms in total. The Morgan fingerprint density at radius 2 is 1.35 bits per heavy atom. The third-order valence-corrected chi connectivity index (χ3v) is 3.01. The van der Waals surface area contributed by atoms with Gasteiger partial charge in [-0.1, -0.05) is 0 Å². The average Bonchev–Trinajstić information content (AvgIpc) is 2.49. The molecule has 0 fully saturated rings. The fourth-order valence-corrected chi connectivity index (χ4v) is 1.96. The van der Waals surface area contributed by atoms with Crippen molar-refractivity contribution in [3.05, 3.63) is 45.9 Å². The summed E-state index contributed by atoms with van der Waals surface area (Å²) in [5.41, 5.74) is -4.15. The van der Waals surface area contributed by atoms with Crippen LogP contribution in [0, 0.1) is 23.3 Å². The van der Waals surface area contributed by atoms with Crippen LogP contribution in [0.2, 0.25) is 0 Å². The van der Waals surface area contributed by atoms with Crippen molar-refractivity contribution in [3.8, 4) is 0 Å². The lowest BCUT2D eigenvalue weighted by molar-refractivity contribution is -0.136. The van der Waals surface area contributed by atoms with Crippen LogP contribution in [0.1, 0.15) is 27.1 Å². The number of carboxylic acids is 1. The highest BCUT2D eigenvalue weighted by atomic mass is 19.2. The van der Waals surface area contributed by atoms with Gasteiger partial charge in [0.2, 0.25) is 11.6 Å². The summed E-state index contributed by atoms with van der Waals surface area (Å²) >= 11 is 0. The van der Waals surface area contributed by atoms with Crippen LogP contribution in [0.4, 0.5) is 22.0 Å². The SMILES string of the molecule is O=C(O)CCNC1=C(F)C(=O)c2c(F)c(F)c(F)c(F)c2C1=O. The normalized spacial score (nSPS) is 14.1. The van der Waals surface area contributed by atoms with Crippen molar-refractivity contribution in [1.82, 2.24) is 5.32 Å². The van der Waals surface area contributed by atoms with E-state index in [-0.39, 0.29) is 0 Å². The molecule has 0 saturated heterocycles. The molecule has 122 valence electrons. The molecule has 1 aromatic rings. The van der Waals surface area contributed by atoms with E-state index < -0.39 is 76.4 Å². The number of fused-ring (bicyclic) bond motifs is 1. The third kappa shape index (κ3) is 2.56. The molecule has 2 N–H and O–H groups in total. The lowest BCUT2D eigenvalue weighted by atomic mass is 9.90. The molecule has 1 aliphatic carbocycles. The van der Waals surface area contributed by atoms with Crippen molar-refractivity contribution in [2.75, 3.05) is 6.54 Å². The van der Waals surface area contributed by atoms with E-state index in [1.165, 1.54) is 0 Å². The fourth-order valence-electron chi connectivity index (χ4n) is 1.96. The molecule has 23 heavy (non-hydrogen) atoms. The molecule has 1 aliphatic rings. The molecule has 0 atom stereocenters. The number of Topliss-reactive ketones (excluding diaryl/α,β-unsaturated/α-hetero) is 2. The lowest BCUT2D eigenvalue weighted by Crippen LogP contribution is -2.33. The van der Waals surface area contributed by atoms with E-state index in [1.807, 2.05) is 5.32 Å². The highest BCUT2D eigenvalue weighted by molar-refractivity contribution is 6.26. The summed E-state index contributed by atoms with van der Waals surface area (Å²) in [4.78, 5) is 33.9. The highest BCUT2D eigenvalue weighted by Crippen LogP contribution is 2.32. The van der Waals surface area contributed by atoms with Crippen LogP contribution < -0.4 is 5.32 Å². The van der Waals surface area contributed by atoms with Crippen LogP contribution in [-0.4, -0.2) is 29.2 Å². The predicted molar refractivity (Wildman–Crippen MR) is 63.3 cm³/mol. The number of nitrogens with one attached hydrogen (secondary N) is 1. The number of carbonyl (C=O) groups excluding carboxylic acids is 2. The largest absolute Gasteiger partial charge is 0.481 e. The molecule has 0 bridgehead atoms. The fraction of sp³-hybridized carbons (Fsp3) is 0.154. The third-order valence-electron chi connectivity index (χ3n) is 3.01. The van der Waals surface area contributed by atoms with Gasteiger partial charge in [-0.3, -0.25) is 14.4 Å². The van der Waals surface area contributed by atoms with Gasteiger partial charge in [-0.15, -0.1) is 0 Å². The molecular formula is C13H6F5NO4. The van der Waals surface area contributed by atoms with Gasteiger partial charge in [-0.2, -0.15) is 0 Å². The summed E-state index contributed by atoms with van der Waals surface area (Å²) in [5, 5.41) is 10.4. The smallest absolute Gasteiger partial charge is 0.305 e. The number of benzene rings is 1. The van der Waals surface area contributed by atoms with Gasteiger partial charge in [0.25, 0.3) is 0 Å². The number of hydrogen-bond donors (Lipinski definition) is 2. The first-order valence-electron chi connectivity index (χ1n) is 5.99. The number of hydrogen-bond acceptors (Lipinski definition) is 4. The summed E-state index contributed by atoms with van der Waals surface area (Å²) in [6.45, 7) is -0.514. The van der Waals surface area contributed by atoms with Gasteiger partial charge in [0.15, 0.2) is 29.1 Å². The summed E-state index contributed by atoms with van der Waals surface area (Å²) < 4.78 is 67.4. The second-order valence-electron chi connectivity index (χ2n) is 4.42. The summed E-state index contributed by atoms with van der Waals surface area (Å²) in [7, 11) is 0. The standard InChI is InChI=1S/C13H6F5NO4/c14-6-4-5(7(15)9(17)8(6)16)13(23)11(10(18)12(4)22)19-2-1-3(20)21/h19H,1-2H2,(H,20,21). The Labute approximate surface area is 124 Å². The maximum atomic E-state index is 13.8. The quantitative estimate of drug-likeness (QED) is 0.499. The van der Waals surface area contributed by atoms with Gasteiger partial charge in [0.1, 0.15) is 5.70 Å². The molecule has 0 saturated carbocycles. The maximum absolute atomic E-state index is 13.8. The Hall–Kier alpha value is -2.78. The molecule has 1 aromatic carbocycles. The minimum Gasteiger partial charge on any atom is -0.481 e. The number of ketones is 2. The lowest BCUT2D eigenvalue weighted by Gasteiger charge is -2.19. The maximum Gasteiger partial charge on any atom is 0.305 e. The zero-order valence-corrected chi connectivity index (χ0v) is 11.0. The summed E-state index contributed by atoms with van der Waals surface area (Å²) in [6, 6.07) is 0. The predicted octanol–water partition coefficient (Wildman–Crippen LogP) is 1.87. The first-order valence-corrected chi connectivity index (χ1v) is 5.99. The minimum absolute atomic E-state index is 0.514. The van der Waals surface area contributed by atoms with Crippen molar-refractivity contribution in [3.63, 3.8) is 0 Å². The monoisotopic (exact) mass is 335 g/mol. The van der Waals surface area contributed by atoms with Gasteiger partial charge in [-0.05, 0) is 0 Å². The van der Waals surface area contributed by atoms with Crippen molar-refractivity contribution in [2.24, 2.45) is 0 Å². The Morgan fingerprint density at radius 3 is 1.83 bits per heavy atom. The number of halogens is 5. The molecule has 0 spiro atoms. The number of allylic oxidation sites excluding steroid dienone is 2. The minimum atomic E-state index is -2.35. The Balaban J connectivity index is 2.56. The number of rotatable bonds is 4. The van der Waals surface area contributed by atoms with Gasteiger partial charge >= 0.3 is 5.97 Å². The van der Waals surface area contributed by atoms with Gasteiger partial charge in [-0.25, -0.2) is 22.0 Å². The van der Waals surface area contributed by atoms with E-state index in [4.69, 9.17) is 5.11 Å². The topological polar surface area (TPSA) is 83.5 Å². The van der Waals surface area contributed by atoms with Crippen molar-refractivity contribution in [1.29, 1.82) is 0 Å². The van der Waals surface area contributed by atoms with E-state index in [9.17, 15) is 36.3 Å². The molecule has 0 radical (unpaired) electrons. The number of aliphatic carboxylic acids is 1. The van der Waals surface area contributed by atoms with Gasteiger partial charge < -0.3 is 10.4 Å². The van der Waals surface area contributed by atoms with E-state index in [0.717, 1.165) is 0 Å². The highest BCUT2D eigenvalue weighted by Gasteiger charge is 2.40. The van der Waals surface area contributed by atoms with Crippen LogP contribution >= 0.6 is 0 Å². The second kappa shape index (κ2) is 5.78. The molecule has 0 aliphatic heterocycles. The molecule has 2 rings (SSSR count). The average molecular weight is 335 g/mol. The zero-order chi connectivity index (χ0) is 17.5. The van der Waals surface area contributed by atoms with Gasteiger partial charge in [0, 0.05) is 6.54 Å². The molecule has 0 amide bonds. The molecule has 0 unspecified atom stereocenters. The molecule has 0 aromatic heterocycles. The first-order chi connectivity index (χ1) is 10.7. The first kappa shape index (κ1) is 16.6. The van der Waals surface area contributed by atoms with Crippen molar-refractivity contribution in [2.45, 2.75) is 6.42 Å². The molecule has 0 heterocycles. The van der Waals surface area contributed by atoms with Crippen molar-refractivity contribution >= 4 is 17.5 Å². The van der Waals surface area contributed by atoms with Crippen LogP contribution in [0.15, 0.2) is 11.5 Å². The summed E-state index contributed by atoms with van der Waals surface area (Å²) in [6.07, 6.45) is -0.584. The van der Waals surface area contributed by atoms with E-state index >= 15 is 0 Å². The molecular weight excluding hydrogens is 329 g/mol. The van der Waals surface area contributed by atoms with Crippen LogP contribution in [-0.2, 0) is 4.79 Å². The van der Waals surface area contributed by atoms with Crippen molar-refractivity contribution < 1.29 is 41.4 Å². The van der Waals surface area contributed by atoms with Crippen LogP contribution in [0.3, 0.4) is 0 Å². The Morgan fingerprint density at radius 1 is 0.870 bits per heavy atom.